The van der Waals surface area contributed by atoms with Crippen molar-refractivity contribution in [2.24, 2.45) is 0 Å². The van der Waals surface area contributed by atoms with Crippen LogP contribution in [0.25, 0.3) is 0 Å². The maximum Gasteiger partial charge on any atom is 0.282 e. The minimum absolute atomic E-state index is 0.131. The third-order valence-electron chi connectivity index (χ3n) is 1.83. The lowest BCUT2D eigenvalue weighted by Gasteiger charge is -2.21. The molecule has 0 amide bonds. The molecule has 0 saturated carbocycles. The normalized spacial score (nSPS) is 11.9. The molecule has 8 heteroatoms. The summed E-state index contributed by atoms with van der Waals surface area (Å²) in [5.74, 6) is 0. The number of hydrogen-bond acceptors (Lipinski definition) is 5. The van der Waals surface area contributed by atoms with Crippen LogP contribution in [0.2, 0.25) is 0 Å². The van der Waals surface area contributed by atoms with Gasteiger partial charge in [0.25, 0.3) is 10.2 Å². The van der Waals surface area contributed by atoms with Crippen molar-refractivity contribution in [3.05, 3.63) is 16.6 Å². The van der Waals surface area contributed by atoms with Gasteiger partial charge < -0.3 is 0 Å². The fourth-order valence-corrected chi connectivity index (χ4v) is 2.69. The number of hydrogen-bond donors (Lipinski definition) is 0. The van der Waals surface area contributed by atoms with Crippen molar-refractivity contribution in [1.29, 1.82) is 5.26 Å². The van der Waals surface area contributed by atoms with Crippen LogP contribution in [0, 0.1) is 11.3 Å². The van der Waals surface area contributed by atoms with E-state index in [0.29, 0.717) is 5.01 Å². The summed E-state index contributed by atoms with van der Waals surface area (Å²) in [6.45, 7) is -0.0498. The highest BCUT2D eigenvalue weighted by Crippen LogP contribution is 2.12. The molecule has 0 aliphatic carbocycles. The smallest absolute Gasteiger partial charge is 0.248 e. The van der Waals surface area contributed by atoms with Crippen molar-refractivity contribution in [1.82, 2.24) is 13.6 Å². The number of thiazole rings is 1. The Labute approximate surface area is 98.9 Å². The summed E-state index contributed by atoms with van der Waals surface area (Å²) in [5, 5.41) is 11.1. The molecule has 0 aliphatic heterocycles. The molecule has 1 rings (SSSR count). The number of nitrogens with zero attached hydrogens (tertiary/aromatic N) is 4. The first-order valence-corrected chi connectivity index (χ1v) is 6.69. The van der Waals surface area contributed by atoms with Crippen molar-refractivity contribution in [2.75, 3.05) is 20.6 Å². The van der Waals surface area contributed by atoms with Gasteiger partial charge in [0.1, 0.15) is 11.6 Å². The molecule has 1 aromatic heterocycles. The van der Waals surface area contributed by atoms with Gasteiger partial charge in [0.2, 0.25) is 0 Å². The Hall–Kier alpha value is -1.01. The highest BCUT2D eigenvalue weighted by Gasteiger charge is 2.24. The Bertz CT molecular complexity index is 461. The van der Waals surface area contributed by atoms with E-state index in [9.17, 15) is 8.42 Å². The third-order valence-corrected chi connectivity index (χ3v) is 4.43. The van der Waals surface area contributed by atoms with Crippen molar-refractivity contribution >= 4 is 21.5 Å². The van der Waals surface area contributed by atoms with Crippen LogP contribution in [-0.2, 0) is 16.8 Å². The van der Waals surface area contributed by atoms with E-state index in [1.807, 2.05) is 6.07 Å². The summed E-state index contributed by atoms with van der Waals surface area (Å²) in [7, 11) is -0.702. The average molecular weight is 260 g/mol. The van der Waals surface area contributed by atoms with E-state index in [2.05, 4.69) is 4.98 Å². The molecule has 0 N–H and O–H groups in total. The van der Waals surface area contributed by atoms with Gasteiger partial charge in [-0.25, -0.2) is 4.98 Å². The summed E-state index contributed by atoms with van der Waals surface area (Å²) >= 11 is 1.36. The first kappa shape index (κ1) is 13.1. The van der Waals surface area contributed by atoms with Gasteiger partial charge in [-0.3, -0.25) is 0 Å². The standard InChI is InChI=1S/C8H12N4O2S2/c1-11(2)16(13,14)12(5-3-9)7-8-10-4-6-15-8/h4,6H,5,7H2,1-2H3. The Morgan fingerprint density at radius 1 is 1.56 bits per heavy atom. The fourth-order valence-electron chi connectivity index (χ4n) is 1.01. The minimum Gasteiger partial charge on any atom is -0.248 e. The van der Waals surface area contributed by atoms with Crippen molar-refractivity contribution in [2.45, 2.75) is 6.54 Å². The van der Waals surface area contributed by atoms with Gasteiger partial charge in [-0.15, -0.1) is 11.3 Å². The molecule has 16 heavy (non-hydrogen) atoms. The molecule has 0 aliphatic rings. The predicted octanol–water partition coefficient (Wildman–Crippen LogP) is 0.275. The quantitative estimate of drug-likeness (QED) is 0.712. The summed E-state index contributed by atoms with van der Waals surface area (Å²) in [5.41, 5.74) is 0. The van der Waals surface area contributed by atoms with Gasteiger partial charge in [0, 0.05) is 25.7 Å². The molecule has 0 aromatic carbocycles. The van der Waals surface area contributed by atoms with Gasteiger partial charge in [-0.05, 0) is 0 Å². The monoisotopic (exact) mass is 260 g/mol. The summed E-state index contributed by atoms with van der Waals surface area (Å²) < 4.78 is 25.8. The van der Waals surface area contributed by atoms with Crippen LogP contribution >= 0.6 is 11.3 Å². The van der Waals surface area contributed by atoms with Gasteiger partial charge in [-0.1, -0.05) is 0 Å². The molecule has 0 unspecified atom stereocenters. The highest BCUT2D eigenvalue weighted by molar-refractivity contribution is 7.86. The lowest BCUT2D eigenvalue weighted by atomic mass is 10.6. The van der Waals surface area contributed by atoms with Gasteiger partial charge in [-0.2, -0.15) is 22.3 Å². The zero-order chi connectivity index (χ0) is 12.2. The van der Waals surface area contributed by atoms with E-state index in [1.165, 1.54) is 25.4 Å². The van der Waals surface area contributed by atoms with Crippen molar-refractivity contribution in [3.8, 4) is 6.07 Å². The van der Waals surface area contributed by atoms with E-state index in [1.54, 1.807) is 11.6 Å². The highest BCUT2D eigenvalue weighted by atomic mass is 32.2. The molecule has 0 saturated heterocycles. The van der Waals surface area contributed by atoms with Crippen molar-refractivity contribution < 1.29 is 8.42 Å². The maximum atomic E-state index is 11.8. The second-order valence-corrected chi connectivity index (χ2v) is 6.26. The van der Waals surface area contributed by atoms with E-state index in [0.717, 1.165) is 8.61 Å². The molecule has 0 fully saturated rings. The zero-order valence-electron chi connectivity index (χ0n) is 8.99. The maximum absolute atomic E-state index is 11.8. The second-order valence-electron chi connectivity index (χ2n) is 3.14. The van der Waals surface area contributed by atoms with Crippen LogP contribution in [0.3, 0.4) is 0 Å². The molecular weight excluding hydrogens is 248 g/mol. The molecule has 0 bridgehead atoms. The van der Waals surface area contributed by atoms with Crippen LogP contribution in [0.1, 0.15) is 5.01 Å². The molecule has 6 nitrogen and oxygen atoms in total. The van der Waals surface area contributed by atoms with Crippen LogP contribution in [0.4, 0.5) is 0 Å². The molecule has 1 aromatic rings. The van der Waals surface area contributed by atoms with Crippen molar-refractivity contribution in [3.63, 3.8) is 0 Å². The Morgan fingerprint density at radius 2 is 2.25 bits per heavy atom. The second kappa shape index (κ2) is 5.36. The largest absolute Gasteiger partial charge is 0.282 e. The third kappa shape index (κ3) is 2.99. The number of nitriles is 1. The topological polar surface area (TPSA) is 77.3 Å². The summed E-state index contributed by atoms with van der Waals surface area (Å²) in [4.78, 5) is 4.00. The van der Waals surface area contributed by atoms with Gasteiger partial charge in [0.15, 0.2) is 0 Å². The Kier molecular flexibility index (Phi) is 4.37. The predicted molar refractivity (Wildman–Crippen MR) is 60.7 cm³/mol. The van der Waals surface area contributed by atoms with Crippen LogP contribution in [-0.4, -0.2) is 42.7 Å². The van der Waals surface area contributed by atoms with Crippen LogP contribution in [0.15, 0.2) is 11.6 Å². The molecule has 0 radical (unpaired) electrons. The van der Waals surface area contributed by atoms with Crippen LogP contribution < -0.4 is 0 Å². The van der Waals surface area contributed by atoms with Gasteiger partial charge >= 0.3 is 0 Å². The zero-order valence-corrected chi connectivity index (χ0v) is 10.6. The molecular formula is C8H12N4O2S2. The van der Waals surface area contributed by atoms with Gasteiger partial charge in [0.05, 0.1) is 12.6 Å². The lowest BCUT2D eigenvalue weighted by Crippen LogP contribution is -2.39. The van der Waals surface area contributed by atoms with E-state index < -0.39 is 10.2 Å². The lowest BCUT2D eigenvalue weighted by molar-refractivity contribution is 0.395. The SMILES string of the molecule is CN(C)S(=O)(=O)N(CC#N)Cc1nccs1. The molecule has 0 atom stereocenters. The first-order chi connectivity index (χ1) is 7.48. The van der Waals surface area contributed by atoms with E-state index in [4.69, 9.17) is 5.26 Å². The summed E-state index contributed by atoms with van der Waals surface area (Å²) in [6, 6.07) is 1.84. The molecule has 0 spiro atoms. The Balaban J connectivity index is 2.89. The fraction of sp³-hybridized carbons (Fsp3) is 0.500. The van der Waals surface area contributed by atoms with Crippen LogP contribution in [0.5, 0.6) is 0 Å². The molecule has 88 valence electrons. The average Bonchev–Trinajstić information content (AvgIpc) is 2.69. The number of aromatic nitrogens is 1. The first-order valence-electron chi connectivity index (χ1n) is 4.41. The number of rotatable bonds is 5. The minimum atomic E-state index is -3.57. The summed E-state index contributed by atoms with van der Waals surface area (Å²) in [6.07, 6.45) is 1.60. The Morgan fingerprint density at radius 3 is 2.69 bits per heavy atom. The van der Waals surface area contributed by atoms with E-state index in [-0.39, 0.29) is 13.1 Å². The van der Waals surface area contributed by atoms with E-state index >= 15 is 0 Å². The molecule has 1 heterocycles.